The van der Waals surface area contributed by atoms with Crippen molar-refractivity contribution in [2.24, 2.45) is 5.92 Å². The van der Waals surface area contributed by atoms with Crippen molar-refractivity contribution in [3.8, 4) is 17.1 Å². The molecule has 0 atom stereocenters. The molecule has 2 aliphatic heterocycles. The fraction of sp³-hybridized carbons (Fsp3) is 0.286. The highest BCUT2D eigenvalue weighted by Crippen LogP contribution is 2.31. The van der Waals surface area contributed by atoms with Crippen LogP contribution in [-0.2, 0) is 14.3 Å². The Morgan fingerprint density at radius 3 is 2.49 bits per heavy atom. The lowest BCUT2D eigenvalue weighted by Gasteiger charge is -2.33. The third-order valence-electron chi connectivity index (χ3n) is 6.71. The molecule has 7 nitrogen and oxygen atoms in total. The van der Waals surface area contributed by atoms with Crippen molar-refractivity contribution in [1.82, 2.24) is 14.7 Å². The topological polar surface area (TPSA) is 69.7 Å². The van der Waals surface area contributed by atoms with Crippen LogP contribution in [0.2, 0.25) is 0 Å². The minimum Gasteiger partial charge on any atom is -0.454 e. The van der Waals surface area contributed by atoms with Crippen molar-refractivity contribution in [2.45, 2.75) is 19.1 Å². The molecule has 7 heteroatoms. The first-order chi connectivity index (χ1) is 17.2. The van der Waals surface area contributed by atoms with E-state index in [0.29, 0.717) is 43.7 Å². The first-order valence-electron chi connectivity index (χ1n) is 12.1. The van der Waals surface area contributed by atoms with Crippen molar-refractivity contribution in [3.63, 3.8) is 0 Å². The summed E-state index contributed by atoms with van der Waals surface area (Å²) in [5, 5.41) is 5.82. The molecule has 0 saturated carbocycles. The number of hydrogen-bond donors (Lipinski definition) is 0. The molecule has 6 rings (SSSR count). The summed E-state index contributed by atoms with van der Waals surface area (Å²) in [6, 6.07) is 19.8. The van der Waals surface area contributed by atoms with Gasteiger partial charge in [-0.2, -0.15) is 5.10 Å². The maximum Gasteiger partial charge on any atom is 0.246 e. The van der Waals surface area contributed by atoms with Gasteiger partial charge in [-0.05, 0) is 43.2 Å². The predicted molar refractivity (Wildman–Crippen MR) is 133 cm³/mol. The van der Waals surface area contributed by atoms with Gasteiger partial charge in [-0.1, -0.05) is 36.4 Å². The average Bonchev–Trinajstić information content (AvgIpc) is 3.67. The van der Waals surface area contributed by atoms with E-state index in [1.807, 2.05) is 82.5 Å². The Labute approximate surface area is 203 Å². The summed E-state index contributed by atoms with van der Waals surface area (Å²) in [7, 11) is 0. The van der Waals surface area contributed by atoms with Crippen LogP contribution >= 0.6 is 0 Å². The van der Waals surface area contributed by atoms with Gasteiger partial charge in [0.2, 0.25) is 5.91 Å². The van der Waals surface area contributed by atoms with Crippen LogP contribution in [-0.4, -0.2) is 53.2 Å². The van der Waals surface area contributed by atoms with Crippen LogP contribution < -0.4 is 0 Å². The van der Waals surface area contributed by atoms with E-state index in [0.717, 1.165) is 35.1 Å². The van der Waals surface area contributed by atoms with Crippen LogP contribution in [0, 0.1) is 5.92 Å². The van der Waals surface area contributed by atoms with E-state index in [2.05, 4.69) is 0 Å². The monoisotopic (exact) mass is 469 g/mol. The SMILES string of the molecule is O=C(/C=C/c1cn(-c2ccccc2)nc1-c1cc2ccccc2o1)N1CCC(C2OCCO2)CC1. The second-order valence-corrected chi connectivity index (χ2v) is 8.97. The number of para-hydroxylation sites is 2. The van der Waals surface area contributed by atoms with Crippen LogP contribution in [0.3, 0.4) is 0 Å². The summed E-state index contributed by atoms with van der Waals surface area (Å²) >= 11 is 0. The normalized spacial score (nSPS) is 17.7. The zero-order chi connectivity index (χ0) is 23.6. The van der Waals surface area contributed by atoms with Crippen molar-refractivity contribution in [3.05, 3.63) is 78.5 Å². The van der Waals surface area contributed by atoms with Gasteiger partial charge in [0, 0.05) is 42.2 Å². The Morgan fingerprint density at radius 2 is 1.71 bits per heavy atom. The molecule has 0 radical (unpaired) electrons. The summed E-state index contributed by atoms with van der Waals surface area (Å²) in [6.07, 6.45) is 7.08. The number of piperidine rings is 1. The third kappa shape index (κ3) is 4.52. The highest BCUT2D eigenvalue weighted by Gasteiger charge is 2.31. The average molecular weight is 470 g/mol. The smallest absolute Gasteiger partial charge is 0.246 e. The Hall–Kier alpha value is -3.68. The molecule has 2 aliphatic rings. The number of benzene rings is 2. The molecule has 0 spiro atoms. The van der Waals surface area contributed by atoms with Crippen LogP contribution in [0.25, 0.3) is 34.2 Å². The number of nitrogens with zero attached hydrogens (tertiary/aromatic N) is 3. The molecule has 1 amide bonds. The first kappa shape index (κ1) is 21.8. The number of fused-ring (bicyclic) bond motifs is 1. The zero-order valence-electron chi connectivity index (χ0n) is 19.4. The maximum atomic E-state index is 13.0. The maximum absolute atomic E-state index is 13.0. The van der Waals surface area contributed by atoms with Gasteiger partial charge in [-0.15, -0.1) is 0 Å². The number of furan rings is 1. The Morgan fingerprint density at radius 1 is 0.971 bits per heavy atom. The quantitative estimate of drug-likeness (QED) is 0.389. The minimum atomic E-state index is -0.113. The van der Waals surface area contributed by atoms with Crippen molar-refractivity contribution in [1.29, 1.82) is 0 Å². The Kier molecular flexibility index (Phi) is 5.94. The molecule has 0 N–H and O–H groups in total. The fourth-order valence-corrected chi connectivity index (χ4v) is 4.82. The molecular formula is C28H27N3O4. The number of hydrogen-bond acceptors (Lipinski definition) is 5. The van der Waals surface area contributed by atoms with E-state index in [1.165, 1.54) is 0 Å². The van der Waals surface area contributed by atoms with Crippen molar-refractivity contribution in [2.75, 3.05) is 26.3 Å². The second-order valence-electron chi connectivity index (χ2n) is 8.97. The fourth-order valence-electron chi connectivity index (χ4n) is 4.82. The molecule has 2 aromatic carbocycles. The zero-order valence-corrected chi connectivity index (χ0v) is 19.4. The van der Waals surface area contributed by atoms with Crippen LogP contribution in [0.1, 0.15) is 18.4 Å². The van der Waals surface area contributed by atoms with E-state index in [1.54, 1.807) is 6.08 Å². The van der Waals surface area contributed by atoms with Crippen LogP contribution in [0.15, 0.2) is 77.4 Å². The number of ether oxygens (including phenoxy) is 2. The highest BCUT2D eigenvalue weighted by molar-refractivity contribution is 5.93. The summed E-state index contributed by atoms with van der Waals surface area (Å²) in [6.45, 7) is 2.74. The number of likely N-dealkylation sites (tertiary alicyclic amines) is 1. The third-order valence-corrected chi connectivity index (χ3v) is 6.71. The molecule has 4 aromatic rings. The van der Waals surface area contributed by atoms with Gasteiger partial charge in [-0.3, -0.25) is 4.79 Å². The molecule has 0 unspecified atom stereocenters. The number of aromatic nitrogens is 2. The summed E-state index contributed by atoms with van der Waals surface area (Å²) < 4.78 is 19.2. The number of carbonyl (C=O) groups excluding carboxylic acids is 1. The molecule has 178 valence electrons. The second kappa shape index (κ2) is 9.52. The van der Waals surface area contributed by atoms with Crippen LogP contribution in [0.5, 0.6) is 0 Å². The number of carbonyl (C=O) groups is 1. The molecule has 2 aromatic heterocycles. The molecule has 35 heavy (non-hydrogen) atoms. The summed E-state index contributed by atoms with van der Waals surface area (Å²) in [4.78, 5) is 14.9. The van der Waals surface area contributed by atoms with Gasteiger partial charge >= 0.3 is 0 Å². The van der Waals surface area contributed by atoms with Crippen molar-refractivity contribution < 1.29 is 18.7 Å². The molecule has 4 heterocycles. The molecule has 2 fully saturated rings. The van der Waals surface area contributed by atoms with Gasteiger partial charge in [0.05, 0.1) is 18.9 Å². The van der Waals surface area contributed by atoms with E-state index in [9.17, 15) is 4.79 Å². The van der Waals surface area contributed by atoms with Gasteiger partial charge in [-0.25, -0.2) is 4.68 Å². The standard InChI is InChI=1S/C28H27N3O4/c32-26(30-14-12-20(13-15-30)28-33-16-17-34-28)11-10-22-19-31(23-7-2-1-3-8-23)29-27(22)25-18-21-6-4-5-9-24(21)35-25/h1-11,18-20,28H,12-17H2/b11-10+. The number of rotatable bonds is 5. The summed E-state index contributed by atoms with van der Waals surface area (Å²) in [5.74, 6) is 1.03. The lowest BCUT2D eigenvalue weighted by Crippen LogP contribution is -2.40. The van der Waals surface area contributed by atoms with Crippen molar-refractivity contribution >= 4 is 23.0 Å². The van der Waals surface area contributed by atoms with Crippen LogP contribution in [0.4, 0.5) is 0 Å². The Balaban J connectivity index is 1.24. The summed E-state index contributed by atoms with van der Waals surface area (Å²) in [5.41, 5.74) is 3.27. The van der Waals surface area contributed by atoms with E-state index < -0.39 is 0 Å². The largest absolute Gasteiger partial charge is 0.454 e. The molecular weight excluding hydrogens is 442 g/mol. The molecule has 0 aliphatic carbocycles. The molecule has 0 bridgehead atoms. The first-order valence-corrected chi connectivity index (χ1v) is 12.1. The van der Waals surface area contributed by atoms with E-state index in [-0.39, 0.29) is 12.2 Å². The Bertz CT molecular complexity index is 1310. The van der Waals surface area contributed by atoms with Gasteiger partial charge in [0.1, 0.15) is 11.3 Å². The van der Waals surface area contributed by atoms with E-state index in [4.69, 9.17) is 19.0 Å². The van der Waals surface area contributed by atoms with Gasteiger partial charge < -0.3 is 18.8 Å². The lowest BCUT2D eigenvalue weighted by molar-refractivity contribution is -0.131. The van der Waals surface area contributed by atoms with Gasteiger partial charge in [0.15, 0.2) is 12.1 Å². The predicted octanol–water partition coefficient (Wildman–Crippen LogP) is 4.91. The van der Waals surface area contributed by atoms with E-state index >= 15 is 0 Å². The number of amides is 1. The minimum absolute atomic E-state index is 0.000254. The molecule has 2 saturated heterocycles. The highest BCUT2D eigenvalue weighted by atomic mass is 16.7. The lowest BCUT2D eigenvalue weighted by atomic mass is 9.96. The van der Waals surface area contributed by atoms with Gasteiger partial charge in [0.25, 0.3) is 0 Å².